The molecule has 0 saturated heterocycles. The number of benzene rings is 2. The van der Waals surface area contributed by atoms with Crippen molar-refractivity contribution >= 4 is 28.3 Å². The summed E-state index contributed by atoms with van der Waals surface area (Å²) < 4.78 is 33.8. The van der Waals surface area contributed by atoms with Crippen LogP contribution in [0.4, 0.5) is 9.52 Å². The molecular formula is C21H19FN2O6S. The van der Waals surface area contributed by atoms with E-state index in [9.17, 15) is 14.0 Å². The molecule has 0 aliphatic heterocycles. The predicted molar refractivity (Wildman–Crippen MR) is 113 cm³/mol. The first-order valence-corrected chi connectivity index (χ1v) is 9.82. The highest BCUT2D eigenvalue weighted by Gasteiger charge is 2.22. The molecule has 0 fully saturated rings. The third-order valence-electron chi connectivity index (χ3n) is 4.15. The molecule has 0 spiro atoms. The molecule has 3 rings (SSSR count). The van der Waals surface area contributed by atoms with Gasteiger partial charge in [-0.1, -0.05) is 0 Å². The van der Waals surface area contributed by atoms with Crippen molar-refractivity contribution in [3.63, 3.8) is 0 Å². The molecule has 0 unspecified atom stereocenters. The Hall–Kier alpha value is -3.66. The first-order valence-electron chi connectivity index (χ1n) is 8.94. The second-order valence-corrected chi connectivity index (χ2v) is 6.91. The van der Waals surface area contributed by atoms with Gasteiger partial charge in [0.15, 0.2) is 23.2 Å². The summed E-state index contributed by atoms with van der Waals surface area (Å²) in [6.07, 6.45) is 0. The molecule has 3 aromatic rings. The Labute approximate surface area is 181 Å². The van der Waals surface area contributed by atoms with Crippen LogP contribution in [0.15, 0.2) is 41.8 Å². The Morgan fingerprint density at radius 1 is 1.00 bits per heavy atom. The van der Waals surface area contributed by atoms with Gasteiger partial charge in [-0.2, -0.15) is 0 Å². The van der Waals surface area contributed by atoms with E-state index in [0.29, 0.717) is 22.1 Å². The highest BCUT2D eigenvalue weighted by molar-refractivity contribution is 7.14. The topological polar surface area (TPSA) is 96.0 Å². The van der Waals surface area contributed by atoms with Gasteiger partial charge < -0.3 is 18.9 Å². The van der Waals surface area contributed by atoms with Crippen LogP contribution in [-0.4, -0.2) is 44.8 Å². The second-order valence-electron chi connectivity index (χ2n) is 6.05. The number of rotatable bonds is 8. The van der Waals surface area contributed by atoms with E-state index in [1.54, 1.807) is 17.5 Å². The number of esters is 1. The van der Waals surface area contributed by atoms with E-state index in [0.717, 1.165) is 0 Å². The number of methoxy groups -OCH3 is 3. The lowest BCUT2D eigenvalue weighted by Gasteiger charge is -2.15. The quantitative estimate of drug-likeness (QED) is 0.526. The Bertz CT molecular complexity index is 1080. The molecule has 162 valence electrons. The summed E-state index contributed by atoms with van der Waals surface area (Å²) in [6, 6.07) is 8.83. The van der Waals surface area contributed by atoms with E-state index >= 15 is 0 Å². The minimum atomic E-state index is -0.765. The first-order chi connectivity index (χ1) is 15.0. The zero-order chi connectivity index (χ0) is 22.4. The Kier molecular flexibility index (Phi) is 7.03. The van der Waals surface area contributed by atoms with Crippen molar-refractivity contribution in [2.75, 3.05) is 33.3 Å². The molecule has 8 nitrogen and oxygen atoms in total. The number of amides is 1. The number of carbonyl (C=O) groups is 2. The molecule has 1 N–H and O–H groups in total. The number of anilines is 1. The number of ether oxygens (including phenoxy) is 4. The fourth-order valence-electron chi connectivity index (χ4n) is 2.71. The van der Waals surface area contributed by atoms with Gasteiger partial charge in [0.25, 0.3) is 5.91 Å². The van der Waals surface area contributed by atoms with Gasteiger partial charge in [0.1, 0.15) is 11.4 Å². The smallest absolute Gasteiger partial charge is 0.342 e. The summed E-state index contributed by atoms with van der Waals surface area (Å²) in [5.74, 6) is -0.919. The minimum Gasteiger partial charge on any atom is -0.493 e. The minimum absolute atomic E-state index is 0.0841. The standard InChI is InChI=1S/C21H19FN2O6S/c1-27-16-9-8-14(18(28-2)19(16)29-3)20(26)30-10-17(25)24-21-23-15(11-31-21)12-4-6-13(22)7-5-12/h4-9,11H,10H2,1-3H3,(H,23,24,25). The van der Waals surface area contributed by atoms with Crippen LogP contribution < -0.4 is 19.5 Å². The number of hydrogen-bond acceptors (Lipinski definition) is 8. The molecule has 1 amide bonds. The maximum atomic E-state index is 13.0. The Balaban J connectivity index is 1.62. The zero-order valence-corrected chi connectivity index (χ0v) is 17.7. The first kappa shape index (κ1) is 22.0. The van der Waals surface area contributed by atoms with Gasteiger partial charge in [-0.15, -0.1) is 11.3 Å². The largest absolute Gasteiger partial charge is 0.493 e. The number of carbonyl (C=O) groups excluding carboxylic acids is 2. The molecule has 2 aromatic carbocycles. The van der Waals surface area contributed by atoms with E-state index in [-0.39, 0.29) is 22.9 Å². The normalized spacial score (nSPS) is 10.3. The highest BCUT2D eigenvalue weighted by Crippen LogP contribution is 2.40. The van der Waals surface area contributed by atoms with Gasteiger partial charge in [0, 0.05) is 10.9 Å². The molecule has 0 bridgehead atoms. The average molecular weight is 446 g/mol. The SMILES string of the molecule is COc1ccc(C(=O)OCC(=O)Nc2nc(-c3ccc(F)cc3)cs2)c(OC)c1OC. The summed E-state index contributed by atoms with van der Waals surface area (Å²) in [4.78, 5) is 28.9. The third kappa shape index (κ3) is 5.10. The number of aromatic nitrogens is 1. The van der Waals surface area contributed by atoms with Crippen LogP contribution >= 0.6 is 11.3 Å². The molecule has 0 aliphatic rings. The Morgan fingerprint density at radius 2 is 1.71 bits per heavy atom. The maximum absolute atomic E-state index is 13.0. The van der Waals surface area contributed by atoms with Crippen LogP contribution in [-0.2, 0) is 9.53 Å². The van der Waals surface area contributed by atoms with Crippen LogP contribution in [0.3, 0.4) is 0 Å². The van der Waals surface area contributed by atoms with Crippen molar-refractivity contribution in [3.8, 4) is 28.5 Å². The summed E-state index contributed by atoms with van der Waals surface area (Å²) >= 11 is 1.19. The van der Waals surface area contributed by atoms with E-state index < -0.39 is 18.5 Å². The van der Waals surface area contributed by atoms with Gasteiger partial charge in [-0.25, -0.2) is 14.2 Å². The van der Waals surface area contributed by atoms with Crippen LogP contribution in [0.2, 0.25) is 0 Å². The molecule has 1 heterocycles. The van der Waals surface area contributed by atoms with E-state index in [2.05, 4.69) is 10.3 Å². The lowest BCUT2D eigenvalue weighted by Crippen LogP contribution is -2.21. The van der Waals surface area contributed by atoms with Gasteiger partial charge in [-0.05, 0) is 36.4 Å². The lowest BCUT2D eigenvalue weighted by molar-refractivity contribution is -0.119. The van der Waals surface area contributed by atoms with Crippen molar-refractivity contribution in [2.24, 2.45) is 0 Å². The van der Waals surface area contributed by atoms with Crippen molar-refractivity contribution < 1.29 is 32.9 Å². The highest BCUT2D eigenvalue weighted by atomic mass is 32.1. The molecule has 0 atom stereocenters. The second kappa shape index (κ2) is 9.90. The number of halogens is 1. The predicted octanol–water partition coefficient (Wildman–Crippen LogP) is 3.77. The van der Waals surface area contributed by atoms with Crippen molar-refractivity contribution in [1.29, 1.82) is 0 Å². The fourth-order valence-corrected chi connectivity index (χ4v) is 3.45. The average Bonchev–Trinajstić information content (AvgIpc) is 3.24. The number of thiazole rings is 1. The molecule has 0 aliphatic carbocycles. The van der Waals surface area contributed by atoms with Crippen LogP contribution in [0.5, 0.6) is 17.2 Å². The summed E-state index contributed by atoms with van der Waals surface area (Å²) in [5.41, 5.74) is 1.39. The summed E-state index contributed by atoms with van der Waals surface area (Å²) in [5, 5.41) is 4.61. The lowest BCUT2D eigenvalue weighted by atomic mass is 10.1. The van der Waals surface area contributed by atoms with E-state index in [1.807, 2.05) is 0 Å². The summed E-state index contributed by atoms with van der Waals surface area (Å²) in [6.45, 7) is -0.526. The van der Waals surface area contributed by atoms with E-state index in [1.165, 1.54) is 56.9 Å². The number of hydrogen-bond donors (Lipinski definition) is 1. The summed E-state index contributed by atoms with van der Waals surface area (Å²) in [7, 11) is 4.25. The third-order valence-corrected chi connectivity index (χ3v) is 4.91. The monoisotopic (exact) mass is 446 g/mol. The van der Waals surface area contributed by atoms with Gasteiger partial charge >= 0.3 is 5.97 Å². The number of nitrogens with zero attached hydrogens (tertiary/aromatic N) is 1. The van der Waals surface area contributed by atoms with E-state index in [4.69, 9.17) is 18.9 Å². The molecule has 31 heavy (non-hydrogen) atoms. The Morgan fingerprint density at radius 3 is 2.35 bits per heavy atom. The van der Waals surface area contributed by atoms with Crippen molar-refractivity contribution in [3.05, 3.63) is 53.2 Å². The van der Waals surface area contributed by atoms with Gasteiger partial charge in [0.2, 0.25) is 5.75 Å². The molecule has 0 radical (unpaired) electrons. The van der Waals surface area contributed by atoms with Crippen molar-refractivity contribution in [1.82, 2.24) is 4.98 Å². The van der Waals surface area contributed by atoms with Crippen LogP contribution in [0.1, 0.15) is 10.4 Å². The van der Waals surface area contributed by atoms with Crippen LogP contribution in [0.25, 0.3) is 11.3 Å². The fraction of sp³-hybridized carbons (Fsp3) is 0.190. The zero-order valence-electron chi connectivity index (χ0n) is 16.9. The van der Waals surface area contributed by atoms with Gasteiger partial charge in [0.05, 0.1) is 27.0 Å². The maximum Gasteiger partial charge on any atom is 0.342 e. The molecule has 1 aromatic heterocycles. The molecule has 10 heteroatoms. The molecular weight excluding hydrogens is 427 g/mol. The number of nitrogens with one attached hydrogen (secondary N) is 1. The van der Waals surface area contributed by atoms with Crippen molar-refractivity contribution in [2.45, 2.75) is 0 Å². The van der Waals surface area contributed by atoms with Crippen LogP contribution in [0, 0.1) is 5.82 Å². The molecule has 0 saturated carbocycles. The van der Waals surface area contributed by atoms with Gasteiger partial charge in [-0.3, -0.25) is 10.1 Å².